The minimum absolute atomic E-state index is 0.426. The summed E-state index contributed by atoms with van der Waals surface area (Å²) in [6, 6.07) is 8.79. The van der Waals surface area contributed by atoms with Crippen LogP contribution in [-0.4, -0.2) is 13.6 Å². The standard InChI is InChI=1S/C12H16BrN/c1-14-9-12(7-2-8-12)10-3-5-11(13)6-4-10/h3-6,14H,2,7-9H2,1H3. The van der Waals surface area contributed by atoms with Gasteiger partial charge in [0.25, 0.3) is 0 Å². The van der Waals surface area contributed by atoms with Crippen molar-refractivity contribution >= 4 is 15.9 Å². The van der Waals surface area contributed by atoms with Crippen LogP contribution in [0.2, 0.25) is 0 Å². The molecule has 76 valence electrons. The van der Waals surface area contributed by atoms with Crippen molar-refractivity contribution in [3.05, 3.63) is 34.3 Å². The van der Waals surface area contributed by atoms with E-state index in [2.05, 4.69) is 45.5 Å². The Kier molecular flexibility index (Phi) is 2.93. The summed E-state index contributed by atoms with van der Waals surface area (Å²) in [7, 11) is 2.04. The summed E-state index contributed by atoms with van der Waals surface area (Å²) in [6.07, 6.45) is 4.03. The van der Waals surface area contributed by atoms with Crippen molar-refractivity contribution in [3.8, 4) is 0 Å². The fraction of sp³-hybridized carbons (Fsp3) is 0.500. The number of rotatable bonds is 3. The Morgan fingerprint density at radius 3 is 2.36 bits per heavy atom. The zero-order valence-electron chi connectivity index (χ0n) is 8.52. The van der Waals surface area contributed by atoms with Gasteiger partial charge in [-0.25, -0.2) is 0 Å². The highest BCUT2D eigenvalue weighted by Crippen LogP contribution is 2.43. The van der Waals surface area contributed by atoms with Gasteiger partial charge in [0.2, 0.25) is 0 Å². The molecule has 1 aromatic carbocycles. The summed E-state index contributed by atoms with van der Waals surface area (Å²) in [5.74, 6) is 0. The first-order valence-corrected chi connectivity index (χ1v) is 5.97. The molecule has 0 spiro atoms. The van der Waals surface area contributed by atoms with Gasteiger partial charge in [0.15, 0.2) is 0 Å². The van der Waals surface area contributed by atoms with E-state index < -0.39 is 0 Å². The molecule has 1 fully saturated rings. The number of hydrogen-bond acceptors (Lipinski definition) is 1. The van der Waals surface area contributed by atoms with Gasteiger partial charge in [-0.3, -0.25) is 0 Å². The van der Waals surface area contributed by atoms with Crippen LogP contribution in [0, 0.1) is 0 Å². The van der Waals surface area contributed by atoms with Crippen molar-refractivity contribution in [2.24, 2.45) is 0 Å². The number of nitrogens with one attached hydrogen (secondary N) is 1. The monoisotopic (exact) mass is 253 g/mol. The third-order valence-electron chi connectivity index (χ3n) is 3.28. The predicted molar refractivity (Wildman–Crippen MR) is 63.6 cm³/mol. The third-order valence-corrected chi connectivity index (χ3v) is 3.81. The van der Waals surface area contributed by atoms with Crippen LogP contribution < -0.4 is 5.32 Å². The van der Waals surface area contributed by atoms with E-state index in [0.29, 0.717) is 5.41 Å². The summed E-state index contributed by atoms with van der Waals surface area (Å²) < 4.78 is 1.17. The third kappa shape index (κ3) is 1.73. The molecule has 0 amide bonds. The molecule has 0 aliphatic heterocycles. The molecular weight excluding hydrogens is 238 g/mol. The van der Waals surface area contributed by atoms with Crippen molar-refractivity contribution in [1.29, 1.82) is 0 Å². The minimum Gasteiger partial charge on any atom is -0.319 e. The fourth-order valence-corrected chi connectivity index (χ4v) is 2.58. The van der Waals surface area contributed by atoms with Gasteiger partial charge in [-0.05, 0) is 37.6 Å². The molecule has 0 saturated heterocycles. The van der Waals surface area contributed by atoms with E-state index in [0.717, 1.165) is 6.54 Å². The topological polar surface area (TPSA) is 12.0 Å². The quantitative estimate of drug-likeness (QED) is 0.874. The Bertz CT molecular complexity index is 301. The van der Waals surface area contributed by atoms with Crippen molar-refractivity contribution in [2.75, 3.05) is 13.6 Å². The molecule has 0 heterocycles. The Morgan fingerprint density at radius 1 is 1.29 bits per heavy atom. The van der Waals surface area contributed by atoms with Crippen molar-refractivity contribution in [3.63, 3.8) is 0 Å². The largest absolute Gasteiger partial charge is 0.319 e. The maximum Gasteiger partial charge on any atom is 0.0175 e. The van der Waals surface area contributed by atoms with Gasteiger partial charge in [0.05, 0.1) is 0 Å². The van der Waals surface area contributed by atoms with Gasteiger partial charge >= 0.3 is 0 Å². The molecule has 0 unspecified atom stereocenters. The summed E-state index contributed by atoms with van der Waals surface area (Å²) in [5, 5.41) is 3.31. The molecule has 1 aliphatic carbocycles. The second-order valence-corrected chi connectivity index (χ2v) is 5.09. The van der Waals surface area contributed by atoms with Crippen molar-refractivity contribution in [1.82, 2.24) is 5.32 Å². The van der Waals surface area contributed by atoms with Crippen LogP contribution in [0.1, 0.15) is 24.8 Å². The molecule has 0 atom stereocenters. The van der Waals surface area contributed by atoms with Gasteiger partial charge in [0.1, 0.15) is 0 Å². The Morgan fingerprint density at radius 2 is 1.93 bits per heavy atom. The zero-order valence-corrected chi connectivity index (χ0v) is 10.1. The van der Waals surface area contributed by atoms with E-state index in [1.54, 1.807) is 0 Å². The molecule has 1 aromatic rings. The van der Waals surface area contributed by atoms with Gasteiger partial charge < -0.3 is 5.32 Å². The molecule has 2 heteroatoms. The van der Waals surface area contributed by atoms with Crippen LogP contribution >= 0.6 is 15.9 Å². The second-order valence-electron chi connectivity index (χ2n) is 4.17. The molecular formula is C12H16BrN. The highest BCUT2D eigenvalue weighted by atomic mass is 79.9. The maximum absolute atomic E-state index is 3.48. The Labute approximate surface area is 94.0 Å². The first-order chi connectivity index (χ1) is 6.77. The molecule has 1 N–H and O–H groups in total. The summed E-state index contributed by atoms with van der Waals surface area (Å²) >= 11 is 3.48. The molecule has 2 rings (SSSR count). The van der Waals surface area contributed by atoms with Gasteiger partial charge in [-0.1, -0.05) is 34.5 Å². The van der Waals surface area contributed by atoms with Crippen LogP contribution in [0.15, 0.2) is 28.7 Å². The highest BCUT2D eigenvalue weighted by molar-refractivity contribution is 9.10. The SMILES string of the molecule is CNCC1(c2ccc(Br)cc2)CCC1. The highest BCUT2D eigenvalue weighted by Gasteiger charge is 2.37. The summed E-state index contributed by atoms with van der Waals surface area (Å²) in [5.41, 5.74) is 1.91. The van der Waals surface area contributed by atoms with Crippen LogP contribution in [0.3, 0.4) is 0 Å². The molecule has 0 aromatic heterocycles. The second kappa shape index (κ2) is 4.03. The van der Waals surface area contributed by atoms with Crippen molar-refractivity contribution in [2.45, 2.75) is 24.7 Å². The van der Waals surface area contributed by atoms with Gasteiger partial charge in [-0.2, -0.15) is 0 Å². The average molecular weight is 254 g/mol. The predicted octanol–water partition coefficient (Wildman–Crippen LogP) is 3.09. The minimum atomic E-state index is 0.426. The lowest BCUT2D eigenvalue weighted by atomic mass is 9.64. The lowest BCUT2D eigenvalue weighted by Crippen LogP contribution is -2.42. The Balaban J connectivity index is 2.23. The van der Waals surface area contributed by atoms with Gasteiger partial charge in [-0.15, -0.1) is 0 Å². The van der Waals surface area contributed by atoms with Crippen LogP contribution in [0.4, 0.5) is 0 Å². The molecule has 0 radical (unpaired) electrons. The van der Waals surface area contributed by atoms with Crippen LogP contribution in [0.25, 0.3) is 0 Å². The molecule has 0 bridgehead atoms. The summed E-state index contributed by atoms with van der Waals surface area (Å²) in [6.45, 7) is 1.11. The Hall–Kier alpha value is -0.340. The van der Waals surface area contributed by atoms with E-state index in [1.165, 1.54) is 29.3 Å². The van der Waals surface area contributed by atoms with Crippen molar-refractivity contribution < 1.29 is 0 Å². The number of hydrogen-bond donors (Lipinski definition) is 1. The first kappa shape index (κ1) is 10.2. The first-order valence-electron chi connectivity index (χ1n) is 5.17. The van der Waals surface area contributed by atoms with E-state index in [-0.39, 0.29) is 0 Å². The average Bonchev–Trinajstić information content (AvgIpc) is 2.13. The van der Waals surface area contributed by atoms with E-state index in [4.69, 9.17) is 0 Å². The van der Waals surface area contributed by atoms with Crippen LogP contribution in [-0.2, 0) is 5.41 Å². The van der Waals surface area contributed by atoms with Gasteiger partial charge in [0, 0.05) is 16.4 Å². The number of halogens is 1. The normalized spacial score (nSPS) is 19.0. The number of benzene rings is 1. The lowest BCUT2D eigenvalue weighted by molar-refractivity contribution is 0.239. The van der Waals surface area contributed by atoms with E-state index in [9.17, 15) is 0 Å². The van der Waals surface area contributed by atoms with Crippen LogP contribution in [0.5, 0.6) is 0 Å². The smallest absolute Gasteiger partial charge is 0.0175 e. The molecule has 1 saturated carbocycles. The maximum atomic E-state index is 3.48. The number of likely N-dealkylation sites (N-methyl/N-ethyl adjacent to an activating group) is 1. The fourth-order valence-electron chi connectivity index (χ4n) is 2.31. The molecule has 1 nitrogen and oxygen atoms in total. The van der Waals surface area contributed by atoms with E-state index >= 15 is 0 Å². The molecule has 1 aliphatic rings. The zero-order chi connectivity index (χ0) is 10.0. The van der Waals surface area contributed by atoms with E-state index in [1.807, 2.05) is 7.05 Å². The lowest BCUT2D eigenvalue weighted by Gasteiger charge is -2.42. The summed E-state index contributed by atoms with van der Waals surface area (Å²) in [4.78, 5) is 0. The molecule has 14 heavy (non-hydrogen) atoms.